The van der Waals surface area contributed by atoms with Gasteiger partial charge in [-0.15, -0.1) is 0 Å². The van der Waals surface area contributed by atoms with Crippen molar-refractivity contribution in [3.05, 3.63) is 35.4 Å². The first-order valence-electron chi connectivity index (χ1n) is 5.37. The van der Waals surface area contributed by atoms with E-state index < -0.39 is 0 Å². The van der Waals surface area contributed by atoms with Gasteiger partial charge in [0, 0.05) is 13.5 Å². The van der Waals surface area contributed by atoms with E-state index in [0.29, 0.717) is 24.2 Å². The van der Waals surface area contributed by atoms with Gasteiger partial charge >= 0.3 is 5.97 Å². The Bertz CT molecular complexity index is 406. The zero-order valence-corrected chi connectivity index (χ0v) is 9.97. The Morgan fingerprint density at radius 2 is 2.06 bits per heavy atom. The molecule has 0 bridgehead atoms. The van der Waals surface area contributed by atoms with E-state index in [-0.39, 0.29) is 12.1 Å². The van der Waals surface area contributed by atoms with E-state index in [1.54, 1.807) is 31.4 Å². The van der Waals surface area contributed by atoms with Crippen molar-refractivity contribution in [1.29, 1.82) is 5.26 Å². The number of rotatable bonds is 5. The van der Waals surface area contributed by atoms with Gasteiger partial charge in [0.15, 0.2) is 0 Å². The summed E-state index contributed by atoms with van der Waals surface area (Å²) in [5.74, 6) is -0.377. The number of nitrogens with zero attached hydrogens (tertiary/aromatic N) is 1. The number of methoxy groups -OCH3 is 1. The lowest BCUT2D eigenvalue weighted by atomic mass is 10.1. The summed E-state index contributed by atoms with van der Waals surface area (Å²) in [5, 5.41) is 8.62. The van der Waals surface area contributed by atoms with Crippen molar-refractivity contribution >= 4 is 5.97 Å². The van der Waals surface area contributed by atoms with Gasteiger partial charge in [-0.05, 0) is 31.2 Å². The van der Waals surface area contributed by atoms with Crippen molar-refractivity contribution in [2.24, 2.45) is 0 Å². The summed E-state index contributed by atoms with van der Waals surface area (Å²) in [6.07, 6.45) is 0.738. The van der Waals surface area contributed by atoms with Gasteiger partial charge < -0.3 is 9.47 Å². The van der Waals surface area contributed by atoms with Crippen LogP contribution in [0.15, 0.2) is 24.3 Å². The Morgan fingerprint density at radius 3 is 2.59 bits per heavy atom. The fourth-order valence-electron chi connectivity index (χ4n) is 1.20. The van der Waals surface area contributed by atoms with E-state index in [4.69, 9.17) is 14.7 Å². The Hall–Kier alpha value is -1.86. The minimum absolute atomic E-state index is 0.0729. The lowest BCUT2D eigenvalue weighted by molar-refractivity contribution is 0.0391. The molecule has 0 aliphatic heterocycles. The van der Waals surface area contributed by atoms with Crippen LogP contribution in [0.25, 0.3) is 0 Å². The second kappa shape index (κ2) is 6.66. The summed E-state index contributed by atoms with van der Waals surface area (Å²) >= 11 is 0. The van der Waals surface area contributed by atoms with E-state index in [1.165, 1.54) is 0 Å². The molecule has 0 aromatic heterocycles. The van der Waals surface area contributed by atoms with Crippen LogP contribution < -0.4 is 0 Å². The van der Waals surface area contributed by atoms with E-state index in [9.17, 15) is 4.79 Å². The highest BCUT2D eigenvalue weighted by Gasteiger charge is 2.07. The van der Waals surface area contributed by atoms with E-state index in [2.05, 4.69) is 0 Å². The van der Waals surface area contributed by atoms with E-state index in [1.807, 2.05) is 13.0 Å². The first kappa shape index (κ1) is 13.2. The summed E-state index contributed by atoms with van der Waals surface area (Å²) in [6, 6.07) is 8.34. The number of benzene rings is 1. The van der Waals surface area contributed by atoms with Crippen molar-refractivity contribution in [2.75, 3.05) is 13.7 Å². The van der Waals surface area contributed by atoms with Crippen LogP contribution in [0.1, 0.15) is 29.3 Å². The maximum Gasteiger partial charge on any atom is 0.338 e. The van der Waals surface area contributed by atoms with Crippen LogP contribution in [0.5, 0.6) is 0 Å². The van der Waals surface area contributed by atoms with E-state index in [0.717, 1.165) is 0 Å². The number of esters is 1. The molecule has 90 valence electrons. The number of carbonyl (C=O) groups excluding carboxylic acids is 1. The third kappa shape index (κ3) is 4.25. The molecule has 4 nitrogen and oxygen atoms in total. The molecule has 1 aromatic carbocycles. The highest BCUT2D eigenvalue weighted by atomic mass is 16.5. The van der Waals surface area contributed by atoms with Crippen LogP contribution in [-0.2, 0) is 9.47 Å². The van der Waals surface area contributed by atoms with Gasteiger partial charge in [0.05, 0.1) is 29.9 Å². The summed E-state index contributed by atoms with van der Waals surface area (Å²) in [4.78, 5) is 11.6. The highest BCUT2D eigenvalue weighted by molar-refractivity contribution is 5.89. The second-order valence-corrected chi connectivity index (χ2v) is 3.66. The Labute approximate surface area is 101 Å². The van der Waals surface area contributed by atoms with Crippen LogP contribution in [0.2, 0.25) is 0 Å². The van der Waals surface area contributed by atoms with Crippen molar-refractivity contribution in [3.8, 4) is 6.07 Å². The fourth-order valence-corrected chi connectivity index (χ4v) is 1.20. The molecule has 1 aromatic rings. The molecule has 0 spiro atoms. The van der Waals surface area contributed by atoms with Gasteiger partial charge in [-0.2, -0.15) is 5.26 Å². The maximum atomic E-state index is 11.6. The predicted molar refractivity (Wildman–Crippen MR) is 62.5 cm³/mol. The van der Waals surface area contributed by atoms with Gasteiger partial charge in [0.2, 0.25) is 0 Å². The van der Waals surface area contributed by atoms with Crippen molar-refractivity contribution in [1.82, 2.24) is 0 Å². The molecule has 1 rings (SSSR count). The third-order valence-corrected chi connectivity index (χ3v) is 2.41. The summed E-state index contributed by atoms with van der Waals surface area (Å²) in [7, 11) is 1.62. The highest BCUT2D eigenvalue weighted by Crippen LogP contribution is 2.06. The van der Waals surface area contributed by atoms with Crippen LogP contribution in [0.4, 0.5) is 0 Å². The van der Waals surface area contributed by atoms with Crippen molar-refractivity contribution in [3.63, 3.8) is 0 Å². The van der Waals surface area contributed by atoms with Gasteiger partial charge in [0.1, 0.15) is 0 Å². The molecular weight excluding hydrogens is 218 g/mol. The molecule has 4 heteroatoms. The zero-order chi connectivity index (χ0) is 12.7. The second-order valence-electron chi connectivity index (χ2n) is 3.66. The zero-order valence-electron chi connectivity index (χ0n) is 9.97. The molecular formula is C13H15NO3. The Kier molecular flexibility index (Phi) is 5.18. The number of carbonyl (C=O) groups is 1. The molecule has 0 amide bonds. The van der Waals surface area contributed by atoms with Crippen LogP contribution in [-0.4, -0.2) is 25.8 Å². The molecule has 0 aliphatic rings. The van der Waals surface area contributed by atoms with Crippen LogP contribution >= 0.6 is 0 Å². The molecule has 0 unspecified atom stereocenters. The number of hydrogen-bond donors (Lipinski definition) is 0. The summed E-state index contributed by atoms with van der Waals surface area (Å²) < 4.78 is 10.1. The topological polar surface area (TPSA) is 59.3 Å². The third-order valence-electron chi connectivity index (χ3n) is 2.41. The minimum Gasteiger partial charge on any atom is -0.462 e. The molecule has 17 heavy (non-hydrogen) atoms. The number of hydrogen-bond acceptors (Lipinski definition) is 4. The van der Waals surface area contributed by atoms with Crippen LogP contribution in [0, 0.1) is 11.3 Å². The molecule has 0 saturated carbocycles. The fraction of sp³-hybridized carbons (Fsp3) is 0.385. The Morgan fingerprint density at radius 1 is 1.41 bits per heavy atom. The predicted octanol–water partition coefficient (Wildman–Crippen LogP) is 2.14. The van der Waals surface area contributed by atoms with Crippen LogP contribution in [0.3, 0.4) is 0 Å². The van der Waals surface area contributed by atoms with Gasteiger partial charge in [-0.1, -0.05) is 0 Å². The van der Waals surface area contributed by atoms with Crippen molar-refractivity contribution < 1.29 is 14.3 Å². The number of ether oxygens (including phenoxy) is 2. The quantitative estimate of drug-likeness (QED) is 0.731. The molecule has 0 N–H and O–H groups in total. The van der Waals surface area contributed by atoms with Gasteiger partial charge in [0.25, 0.3) is 0 Å². The van der Waals surface area contributed by atoms with Crippen molar-refractivity contribution in [2.45, 2.75) is 19.4 Å². The first-order valence-corrected chi connectivity index (χ1v) is 5.37. The van der Waals surface area contributed by atoms with Gasteiger partial charge in [-0.25, -0.2) is 4.79 Å². The minimum atomic E-state index is -0.377. The average molecular weight is 233 g/mol. The average Bonchev–Trinajstić information content (AvgIpc) is 2.38. The molecule has 1 atom stereocenters. The molecule has 0 saturated heterocycles. The van der Waals surface area contributed by atoms with E-state index >= 15 is 0 Å². The lowest BCUT2D eigenvalue weighted by Crippen LogP contribution is -2.12. The normalized spacial score (nSPS) is 11.6. The maximum absolute atomic E-state index is 11.6. The summed E-state index contributed by atoms with van der Waals surface area (Å²) in [6.45, 7) is 2.24. The first-order chi connectivity index (χ1) is 8.17. The standard InChI is InChI=1S/C13H15NO3/c1-10(16-2)7-8-17-13(15)12-5-3-11(9-14)4-6-12/h3-6,10H,7-8H2,1-2H3/t10-/m1/s1. The molecule has 0 radical (unpaired) electrons. The molecule has 0 heterocycles. The smallest absolute Gasteiger partial charge is 0.338 e. The molecule has 0 aliphatic carbocycles. The largest absolute Gasteiger partial charge is 0.462 e. The Balaban J connectivity index is 2.44. The molecule has 0 fully saturated rings. The van der Waals surface area contributed by atoms with Gasteiger partial charge in [-0.3, -0.25) is 0 Å². The monoisotopic (exact) mass is 233 g/mol. The summed E-state index contributed by atoms with van der Waals surface area (Å²) in [5.41, 5.74) is 0.976. The SMILES string of the molecule is CO[C@H](C)CCOC(=O)c1ccc(C#N)cc1. The number of nitriles is 1. The lowest BCUT2D eigenvalue weighted by Gasteiger charge is -2.09.